The van der Waals surface area contributed by atoms with Gasteiger partial charge in [0.15, 0.2) is 0 Å². The summed E-state index contributed by atoms with van der Waals surface area (Å²) in [5, 5.41) is 8.54. The highest BCUT2D eigenvalue weighted by Crippen LogP contribution is 2.02. The average Bonchev–Trinajstić information content (AvgIpc) is 2.39. The van der Waals surface area contributed by atoms with Gasteiger partial charge in [-0.1, -0.05) is 13.3 Å². The summed E-state index contributed by atoms with van der Waals surface area (Å²) in [4.78, 5) is 34.5. The lowest BCUT2D eigenvalue weighted by atomic mass is 10.2. The number of aryl methyl sites for hydroxylation is 1. The number of hydrogen-bond donors (Lipinski definition) is 1. The van der Waals surface area contributed by atoms with Crippen LogP contribution < -0.4 is 11.2 Å². The Morgan fingerprint density at radius 2 is 1.95 bits per heavy atom. The number of carboxylic acid groups (broad SMARTS) is 1. The van der Waals surface area contributed by atoms with Crippen molar-refractivity contribution in [3.63, 3.8) is 0 Å². The quantitative estimate of drug-likeness (QED) is 0.537. The van der Waals surface area contributed by atoms with Crippen LogP contribution in [0.3, 0.4) is 0 Å². The van der Waals surface area contributed by atoms with Gasteiger partial charge in [0, 0.05) is 25.7 Å². The molecule has 6 nitrogen and oxygen atoms in total. The number of unbranched alkanes of at least 4 members (excludes halogenated alkanes) is 2. The molecule has 0 fully saturated rings. The minimum absolute atomic E-state index is 0.126. The van der Waals surface area contributed by atoms with Gasteiger partial charge >= 0.3 is 11.7 Å². The molecule has 1 heterocycles. The third-order valence-corrected chi connectivity index (χ3v) is 3.67. The topological polar surface area (TPSA) is 81.3 Å². The zero-order valence-corrected chi connectivity index (χ0v) is 13.6. The zero-order valence-electron chi connectivity index (χ0n) is 11.5. The molecule has 0 atom stereocenters. The Morgan fingerprint density at radius 1 is 1.25 bits per heavy atom. The Bertz CT molecular complexity index is 577. The van der Waals surface area contributed by atoms with E-state index in [0.29, 0.717) is 35.9 Å². The van der Waals surface area contributed by atoms with Crippen molar-refractivity contribution in [2.45, 2.75) is 52.1 Å². The van der Waals surface area contributed by atoms with Crippen LogP contribution >= 0.6 is 22.6 Å². The van der Waals surface area contributed by atoms with Gasteiger partial charge in [0.2, 0.25) is 0 Å². The molecule has 1 aromatic heterocycles. The van der Waals surface area contributed by atoms with E-state index in [1.807, 2.05) is 29.5 Å². The van der Waals surface area contributed by atoms with Crippen LogP contribution in [0.5, 0.6) is 0 Å². The maximum Gasteiger partial charge on any atom is 0.331 e. The maximum absolute atomic E-state index is 12.1. The predicted molar refractivity (Wildman–Crippen MR) is 84.1 cm³/mol. The van der Waals surface area contributed by atoms with Crippen LogP contribution in [0, 0.1) is 3.57 Å². The average molecular weight is 394 g/mol. The summed E-state index contributed by atoms with van der Waals surface area (Å²) in [6, 6.07) is 0. The largest absolute Gasteiger partial charge is 0.481 e. The summed E-state index contributed by atoms with van der Waals surface area (Å²) < 4.78 is 3.33. The number of aromatic nitrogens is 2. The van der Waals surface area contributed by atoms with E-state index in [-0.39, 0.29) is 17.7 Å². The smallest absolute Gasteiger partial charge is 0.331 e. The number of aliphatic carboxylic acids is 1. The number of rotatable bonds is 8. The van der Waals surface area contributed by atoms with E-state index in [1.54, 1.807) is 10.8 Å². The Labute approximate surface area is 130 Å². The second-order valence-electron chi connectivity index (χ2n) is 4.61. The lowest BCUT2D eigenvalue weighted by molar-refractivity contribution is -0.137. The molecule has 1 aromatic rings. The summed E-state index contributed by atoms with van der Waals surface area (Å²) in [6.45, 7) is 2.91. The Hall–Kier alpha value is -1.12. The summed E-state index contributed by atoms with van der Waals surface area (Å²) in [6.07, 6.45) is 4.44. The van der Waals surface area contributed by atoms with Gasteiger partial charge in [-0.05, 0) is 41.9 Å². The molecule has 0 bridgehead atoms. The van der Waals surface area contributed by atoms with E-state index < -0.39 is 5.97 Å². The molecule has 0 amide bonds. The number of nitrogens with zero attached hydrogens (tertiary/aromatic N) is 2. The van der Waals surface area contributed by atoms with Crippen molar-refractivity contribution in [2.24, 2.45) is 0 Å². The molecule has 0 unspecified atom stereocenters. The van der Waals surface area contributed by atoms with Crippen LogP contribution in [0.25, 0.3) is 0 Å². The van der Waals surface area contributed by atoms with Crippen molar-refractivity contribution in [1.29, 1.82) is 0 Å². The molecular weight excluding hydrogens is 375 g/mol. The SMILES string of the molecule is CCCn1cc(I)c(=O)n(CCCCCC(=O)O)c1=O. The zero-order chi connectivity index (χ0) is 15.1. The lowest BCUT2D eigenvalue weighted by Crippen LogP contribution is -2.40. The third-order valence-electron chi connectivity index (χ3n) is 2.93. The van der Waals surface area contributed by atoms with Gasteiger partial charge in [0.05, 0.1) is 3.57 Å². The van der Waals surface area contributed by atoms with Crippen LogP contribution in [0.15, 0.2) is 15.8 Å². The van der Waals surface area contributed by atoms with Crippen LogP contribution in [-0.2, 0) is 17.9 Å². The molecule has 0 aliphatic heterocycles. The Morgan fingerprint density at radius 3 is 2.55 bits per heavy atom. The molecule has 112 valence electrons. The Kier molecular flexibility index (Phi) is 6.97. The lowest BCUT2D eigenvalue weighted by Gasteiger charge is -2.10. The predicted octanol–water partition coefficient (Wildman–Crippen LogP) is 1.67. The second kappa shape index (κ2) is 8.23. The molecule has 0 radical (unpaired) electrons. The summed E-state index contributed by atoms with van der Waals surface area (Å²) >= 11 is 1.94. The van der Waals surface area contributed by atoms with E-state index in [4.69, 9.17) is 5.11 Å². The molecule has 0 saturated heterocycles. The van der Waals surface area contributed by atoms with Crippen molar-refractivity contribution in [3.05, 3.63) is 30.6 Å². The molecule has 0 aromatic carbocycles. The molecule has 0 aliphatic carbocycles. The normalized spacial score (nSPS) is 10.7. The Balaban J connectivity index is 2.76. The molecule has 20 heavy (non-hydrogen) atoms. The van der Waals surface area contributed by atoms with Crippen LogP contribution in [-0.4, -0.2) is 20.2 Å². The third kappa shape index (κ3) is 4.77. The molecule has 0 spiro atoms. The van der Waals surface area contributed by atoms with Gasteiger partial charge in [-0.2, -0.15) is 0 Å². The maximum atomic E-state index is 12.1. The van der Waals surface area contributed by atoms with Crippen molar-refractivity contribution in [3.8, 4) is 0 Å². The minimum Gasteiger partial charge on any atom is -0.481 e. The molecule has 7 heteroatoms. The van der Waals surface area contributed by atoms with E-state index in [1.165, 1.54) is 4.57 Å². The highest BCUT2D eigenvalue weighted by molar-refractivity contribution is 14.1. The van der Waals surface area contributed by atoms with Gasteiger partial charge in [-0.25, -0.2) is 4.79 Å². The van der Waals surface area contributed by atoms with Gasteiger partial charge in [0.25, 0.3) is 5.56 Å². The van der Waals surface area contributed by atoms with Crippen molar-refractivity contribution in [1.82, 2.24) is 9.13 Å². The fourth-order valence-corrected chi connectivity index (χ4v) is 2.57. The van der Waals surface area contributed by atoms with Gasteiger partial charge in [-0.15, -0.1) is 0 Å². The number of hydrogen-bond acceptors (Lipinski definition) is 3. The fraction of sp³-hybridized carbons (Fsp3) is 0.615. The van der Waals surface area contributed by atoms with E-state index in [9.17, 15) is 14.4 Å². The molecular formula is C13H19IN2O4. The highest BCUT2D eigenvalue weighted by Gasteiger charge is 2.09. The van der Waals surface area contributed by atoms with Crippen LogP contribution in [0.2, 0.25) is 0 Å². The summed E-state index contributed by atoms with van der Waals surface area (Å²) in [7, 11) is 0. The van der Waals surface area contributed by atoms with Crippen molar-refractivity contribution >= 4 is 28.6 Å². The first kappa shape index (κ1) is 16.9. The van der Waals surface area contributed by atoms with Crippen molar-refractivity contribution in [2.75, 3.05) is 0 Å². The second-order valence-corrected chi connectivity index (χ2v) is 5.78. The fourth-order valence-electron chi connectivity index (χ4n) is 1.94. The van der Waals surface area contributed by atoms with Gasteiger partial charge in [-0.3, -0.25) is 18.7 Å². The number of carbonyl (C=O) groups is 1. The van der Waals surface area contributed by atoms with Crippen LogP contribution in [0.4, 0.5) is 0 Å². The molecule has 1 rings (SSSR count). The first-order valence-electron chi connectivity index (χ1n) is 6.69. The molecule has 0 aliphatic rings. The standard InChI is InChI=1S/C13H19IN2O4/c1-2-7-15-9-10(14)12(19)16(13(15)20)8-5-3-4-6-11(17)18/h9H,2-8H2,1H3,(H,17,18). The van der Waals surface area contributed by atoms with Gasteiger partial charge in [0.1, 0.15) is 0 Å². The number of halogens is 1. The molecule has 1 N–H and O–H groups in total. The van der Waals surface area contributed by atoms with E-state index in [0.717, 1.165) is 6.42 Å². The summed E-state index contributed by atoms with van der Waals surface area (Å²) in [5.41, 5.74) is -0.545. The highest BCUT2D eigenvalue weighted by atomic mass is 127. The van der Waals surface area contributed by atoms with E-state index in [2.05, 4.69) is 0 Å². The van der Waals surface area contributed by atoms with Gasteiger partial charge < -0.3 is 5.11 Å². The van der Waals surface area contributed by atoms with E-state index >= 15 is 0 Å². The first-order valence-corrected chi connectivity index (χ1v) is 7.76. The monoisotopic (exact) mass is 394 g/mol. The summed E-state index contributed by atoms with van der Waals surface area (Å²) in [5.74, 6) is -0.818. The number of carboxylic acids is 1. The van der Waals surface area contributed by atoms with Crippen LogP contribution in [0.1, 0.15) is 39.0 Å². The van der Waals surface area contributed by atoms with Crippen molar-refractivity contribution < 1.29 is 9.90 Å². The molecule has 0 saturated carbocycles. The first-order chi connectivity index (χ1) is 9.47. The minimum atomic E-state index is -0.818.